The molecule has 1 rings (SSSR count). The van der Waals surface area contributed by atoms with Gasteiger partial charge in [0.25, 0.3) is 5.82 Å². The van der Waals surface area contributed by atoms with Gasteiger partial charge in [-0.1, -0.05) is 207 Å². The molecule has 0 aliphatic rings. The third-order valence-corrected chi connectivity index (χ3v) is 10.4. The molecule has 2 nitrogen and oxygen atoms in total. The number of aromatic amines is 1. The number of hydrogen-bond acceptors (Lipinski definition) is 0. The molecule has 44 heavy (non-hydrogen) atoms. The lowest BCUT2D eigenvalue weighted by atomic mass is 9.92. The van der Waals surface area contributed by atoms with Crippen molar-refractivity contribution in [3.63, 3.8) is 0 Å². The lowest BCUT2D eigenvalue weighted by Crippen LogP contribution is -2.41. The standard InChI is InChI=1S/C42H82N2/c1-5-8-11-14-16-18-20-21-22-23-24-26-28-31-34-37-41(36-33-30-27-25-19-17-15-12-9-6-2)42-43-38-39-44(42)40(4)35-32-29-13-10-7-3/h38-41H,5-37H2,1-4H3/p+1. The summed E-state index contributed by atoms with van der Waals surface area (Å²) in [5.41, 5.74) is 0. The average Bonchev–Trinajstić information content (AvgIpc) is 3.52. The van der Waals surface area contributed by atoms with Crippen LogP contribution >= 0.6 is 0 Å². The minimum atomic E-state index is 0.620. The molecule has 0 saturated carbocycles. The number of nitrogens with zero attached hydrogens (tertiary/aromatic N) is 1. The summed E-state index contributed by atoms with van der Waals surface area (Å²) >= 11 is 0. The average molecular weight is 616 g/mol. The van der Waals surface area contributed by atoms with Gasteiger partial charge in [-0.25, -0.2) is 9.55 Å². The second-order valence-corrected chi connectivity index (χ2v) is 14.7. The quantitative estimate of drug-likeness (QED) is 0.0579. The molecule has 0 aliphatic carbocycles. The molecule has 0 amide bonds. The summed E-state index contributed by atoms with van der Waals surface area (Å²) in [6, 6.07) is 0.620. The summed E-state index contributed by atoms with van der Waals surface area (Å²) in [5, 5.41) is 0. The highest BCUT2D eigenvalue weighted by molar-refractivity contribution is 4.90. The number of H-pyrrole nitrogens is 1. The van der Waals surface area contributed by atoms with Crippen LogP contribution in [0.1, 0.15) is 257 Å². The van der Waals surface area contributed by atoms with Crippen LogP contribution in [0.5, 0.6) is 0 Å². The predicted molar refractivity (Wildman–Crippen MR) is 198 cm³/mol. The molecule has 1 N–H and O–H groups in total. The van der Waals surface area contributed by atoms with Crippen molar-refractivity contribution < 1.29 is 4.57 Å². The molecule has 0 bridgehead atoms. The van der Waals surface area contributed by atoms with Crippen molar-refractivity contribution in [3.05, 3.63) is 18.2 Å². The first-order chi connectivity index (χ1) is 21.7. The van der Waals surface area contributed by atoms with Crippen molar-refractivity contribution >= 4 is 0 Å². The maximum Gasteiger partial charge on any atom is 0.257 e. The van der Waals surface area contributed by atoms with Crippen molar-refractivity contribution in [3.8, 4) is 0 Å². The number of hydrogen-bond donors (Lipinski definition) is 1. The maximum atomic E-state index is 3.75. The largest absolute Gasteiger partial charge is 0.257 e. The molecule has 0 radical (unpaired) electrons. The van der Waals surface area contributed by atoms with Gasteiger partial charge in [0, 0.05) is 0 Å². The van der Waals surface area contributed by atoms with Crippen molar-refractivity contribution in [2.45, 2.75) is 252 Å². The van der Waals surface area contributed by atoms with Crippen LogP contribution in [-0.2, 0) is 0 Å². The van der Waals surface area contributed by atoms with E-state index in [1.165, 1.54) is 218 Å². The van der Waals surface area contributed by atoms with Gasteiger partial charge < -0.3 is 0 Å². The van der Waals surface area contributed by atoms with Gasteiger partial charge in [-0.15, -0.1) is 0 Å². The third-order valence-electron chi connectivity index (χ3n) is 10.4. The van der Waals surface area contributed by atoms with E-state index in [-0.39, 0.29) is 0 Å². The first-order valence-corrected chi connectivity index (χ1v) is 20.8. The number of rotatable bonds is 35. The van der Waals surface area contributed by atoms with Crippen molar-refractivity contribution in [2.75, 3.05) is 0 Å². The lowest BCUT2D eigenvalue weighted by molar-refractivity contribution is -0.727. The van der Waals surface area contributed by atoms with Crippen LogP contribution in [0.2, 0.25) is 0 Å². The summed E-state index contributed by atoms with van der Waals surface area (Å²) in [6.45, 7) is 9.41. The van der Waals surface area contributed by atoms with E-state index < -0.39 is 0 Å². The predicted octanol–water partition coefficient (Wildman–Crippen LogP) is 14.9. The van der Waals surface area contributed by atoms with E-state index in [0.29, 0.717) is 12.0 Å². The molecule has 0 saturated heterocycles. The minimum absolute atomic E-state index is 0.620. The van der Waals surface area contributed by atoms with Gasteiger partial charge in [0.1, 0.15) is 12.4 Å². The normalized spacial score (nSPS) is 13.1. The second kappa shape index (κ2) is 32.2. The highest BCUT2D eigenvalue weighted by atomic mass is 15.1. The molecule has 1 aromatic heterocycles. The molecule has 0 spiro atoms. The Morgan fingerprint density at radius 1 is 0.432 bits per heavy atom. The fraction of sp³-hybridized carbons (Fsp3) is 0.929. The molecule has 2 atom stereocenters. The highest BCUT2D eigenvalue weighted by Gasteiger charge is 2.25. The summed E-state index contributed by atoms with van der Waals surface area (Å²) in [7, 11) is 0. The van der Waals surface area contributed by atoms with Crippen molar-refractivity contribution in [2.24, 2.45) is 0 Å². The number of aromatic nitrogens is 2. The van der Waals surface area contributed by atoms with Gasteiger partial charge in [-0.2, -0.15) is 0 Å². The van der Waals surface area contributed by atoms with E-state index >= 15 is 0 Å². The van der Waals surface area contributed by atoms with Crippen LogP contribution in [0.3, 0.4) is 0 Å². The van der Waals surface area contributed by atoms with E-state index in [4.69, 9.17) is 0 Å². The second-order valence-electron chi connectivity index (χ2n) is 14.7. The van der Waals surface area contributed by atoms with E-state index in [9.17, 15) is 0 Å². The minimum Gasteiger partial charge on any atom is -0.247 e. The van der Waals surface area contributed by atoms with Crippen LogP contribution < -0.4 is 4.57 Å². The van der Waals surface area contributed by atoms with Crippen LogP contribution in [-0.4, -0.2) is 4.98 Å². The van der Waals surface area contributed by atoms with Gasteiger partial charge >= 0.3 is 0 Å². The monoisotopic (exact) mass is 616 g/mol. The van der Waals surface area contributed by atoms with Gasteiger partial charge in [0.15, 0.2) is 0 Å². The Labute approximate surface area is 278 Å². The molecular formula is C42H83N2+. The van der Waals surface area contributed by atoms with Crippen LogP contribution in [0.4, 0.5) is 0 Å². The number of imidazole rings is 1. The first-order valence-electron chi connectivity index (χ1n) is 20.8. The fourth-order valence-electron chi connectivity index (χ4n) is 7.31. The zero-order valence-electron chi connectivity index (χ0n) is 31.1. The van der Waals surface area contributed by atoms with Crippen LogP contribution in [0, 0.1) is 0 Å². The molecular weight excluding hydrogens is 532 g/mol. The molecule has 260 valence electrons. The van der Waals surface area contributed by atoms with E-state index in [0.717, 1.165) is 0 Å². The maximum absolute atomic E-state index is 3.75. The van der Waals surface area contributed by atoms with Crippen molar-refractivity contribution in [1.29, 1.82) is 0 Å². The summed E-state index contributed by atoms with van der Waals surface area (Å²) in [5.74, 6) is 2.25. The molecule has 0 aromatic carbocycles. The summed E-state index contributed by atoms with van der Waals surface area (Å²) < 4.78 is 2.63. The summed E-state index contributed by atoms with van der Waals surface area (Å²) in [4.78, 5) is 3.75. The van der Waals surface area contributed by atoms with Gasteiger partial charge in [-0.3, -0.25) is 0 Å². The molecule has 0 aliphatic heterocycles. The first kappa shape index (κ1) is 41.2. The van der Waals surface area contributed by atoms with E-state index in [1.807, 2.05) is 0 Å². The van der Waals surface area contributed by atoms with E-state index in [2.05, 4.69) is 49.6 Å². The molecule has 0 fully saturated rings. The molecule has 1 aromatic rings. The zero-order valence-corrected chi connectivity index (χ0v) is 31.1. The van der Waals surface area contributed by atoms with Crippen LogP contribution in [0.15, 0.2) is 12.4 Å². The molecule has 2 unspecified atom stereocenters. The topological polar surface area (TPSA) is 19.7 Å². The van der Waals surface area contributed by atoms with Gasteiger partial charge in [0.05, 0.1) is 12.0 Å². The SMILES string of the molecule is CCCCCCCCCCCCCCCCCC(CCCCCCCCCCCC)c1[nH]cc[n+]1C(C)CCCCCCC. The Balaban J connectivity index is 2.35. The lowest BCUT2D eigenvalue weighted by Gasteiger charge is -2.17. The highest BCUT2D eigenvalue weighted by Crippen LogP contribution is 2.27. The Hall–Kier alpha value is -0.790. The third kappa shape index (κ3) is 23.5. The Morgan fingerprint density at radius 3 is 1.07 bits per heavy atom. The van der Waals surface area contributed by atoms with Gasteiger partial charge in [-0.05, 0) is 32.6 Å². The van der Waals surface area contributed by atoms with Crippen LogP contribution in [0.25, 0.3) is 0 Å². The fourth-order valence-corrected chi connectivity index (χ4v) is 7.31. The molecule has 1 heterocycles. The van der Waals surface area contributed by atoms with Crippen molar-refractivity contribution in [1.82, 2.24) is 4.98 Å². The van der Waals surface area contributed by atoms with E-state index in [1.54, 1.807) is 0 Å². The number of unbranched alkanes of at least 4 members (excludes halogenated alkanes) is 27. The Kier molecular flexibility index (Phi) is 30.1. The van der Waals surface area contributed by atoms with Gasteiger partial charge in [0.2, 0.25) is 0 Å². The summed E-state index contributed by atoms with van der Waals surface area (Å²) in [6.07, 6.45) is 51.7. The smallest absolute Gasteiger partial charge is 0.247 e. The molecule has 2 heteroatoms. The zero-order chi connectivity index (χ0) is 31.8. The number of nitrogens with one attached hydrogen (secondary N) is 1. The Bertz CT molecular complexity index is 679. The Morgan fingerprint density at radius 2 is 0.727 bits per heavy atom.